The number of para-hydroxylation sites is 1. The number of halogens is 2. The Morgan fingerprint density at radius 1 is 0.833 bits per heavy atom. The molecule has 1 aliphatic carbocycles. The molecule has 5 rings (SSSR count). The Balaban J connectivity index is 1.58. The second-order valence-corrected chi connectivity index (χ2v) is 8.75. The van der Waals surface area contributed by atoms with Gasteiger partial charge in [0.2, 0.25) is 0 Å². The van der Waals surface area contributed by atoms with Gasteiger partial charge < -0.3 is 0 Å². The molecule has 30 heavy (non-hydrogen) atoms. The molecule has 1 fully saturated rings. The average Bonchev–Trinajstić information content (AvgIpc) is 3.17. The number of hydrogen-bond donors (Lipinski definition) is 0. The summed E-state index contributed by atoms with van der Waals surface area (Å²) in [6.07, 6.45) is 5.62. The highest BCUT2D eigenvalue weighted by atomic mass is 35.5. The van der Waals surface area contributed by atoms with Crippen LogP contribution in [0.3, 0.4) is 0 Å². The molecule has 0 saturated heterocycles. The monoisotopic (exact) mass is 432 g/mol. The Morgan fingerprint density at radius 3 is 2.20 bits per heavy atom. The molecule has 150 valence electrons. The lowest BCUT2D eigenvalue weighted by atomic mass is 9.77. The van der Waals surface area contributed by atoms with Crippen LogP contribution in [0.15, 0.2) is 89.5 Å². The van der Waals surface area contributed by atoms with E-state index >= 15 is 0 Å². The van der Waals surface area contributed by atoms with Crippen molar-refractivity contribution in [2.24, 2.45) is 11.0 Å². The third-order valence-electron chi connectivity index (χ3n) is 5.94. The van der Waals surface area contributed by atoms with Gasteiger partial charge in [-0.1, -0.05) is 65.7 Å². The molecule has 2 atom stereocenters. The van der Waals surface area contributed by atoms with E-state index in [2.05, 4.69) is 59.6 Å². The Hall–Kier alpha value is -2.55. The van der Waals surface area contributed by atoms with Gasteiger partial charge in [-0.15, -0.1) is 0 Å². The molecular weight excluding hydrogens is 411 g/mol. The fraction of sp³-hybridized carbons (Fsp3) is 0.192. The van der Waals surface area contributed by atoms with E-state index in [4.69, 9.17) is 28.3 Å². The first kappa shape index (κ1) is 19.4. The highest BCUT2D eigenvalue weighted by Crippen LogP contribution is 2.46. The van der Waals surface area contributed by atoms with E-state index in [9.17, 15) is 0 Å². The van der Waals surface area contributed by atoms with Crippen LogP contribution < -0.4 is 5.01 Å². The Bertz CT molecular complexity index is 1090. The maximum absolute atomic E-state index is 6.17. The van der Waals surface area contributed by atoms with Crippen LogP contribution in [0.25, 0.3) is 6.08 Å². The highest BCUT2D eigenvalue weighted by Gasteiger charge is 2.41. The summed E-state index contributed by atoms with van der Waals surface area (Å²) in [6.45, 7) is 0. The van der Waals surface area contributed by atoms with E-state index < -0.39 is 0 Å². The first-order valence-corrected chi connectivity index (χ1v) is 11.1. The van der Waals surface area contributed by atoms with E-state index in [1.807, 2.05) is 30.3 Å². The van der Waals surface area contributed by atoms with Crippen LogP contribution in [-0.2, 0) is 0 Å². The van der Waals surface area contributed by atoms with Gasteiger partial charge in [0.05, 0.1) is 17.4 Å². The quantitative estimate of drug-likeness (QED) is 0.412. The first-order valence-electron chi connectivity index (χ1n) is 10.3. The van der Waals surface area contributed by atoms with Gasteiger partial charge in [-0.3, -0.25) is 5.01 Å². The van der Waals surface area contributed by atoms with Gasteiger partial charge in [-0.2, -0.15) is 5.10 Å². The number of allylic oxidation sites excluding steroid dienone is 1. The van der Waals surface area contributed by atoms with Gasteiger partial charge in [0.25, 0.3) is 0 Å². The van der Waals surface area contributed by atoms with Crippen molar-refractivity contribution in [3.63, 3.8) is 0 Å². The lowest BCUT2D eigenvalue weighted by Crippen LogP contribution is -2.28. The normalized spacial score (nSPS) is 22.1. The molecule has 0 radical (unpaired) electrons. The van der Waals surface area contributed by atoms with Gasteiger partial charge in [-0.05, 0) is 78.4 Å². The maximum atomic E-state index is 6.17. The summed E-state index contributed by atoms with van der Waals surface area (Å²) >= 11 is 12.2. The molecule has 3 aromatic rings. The average molecular weight is 433 g/mol. The minimum Gasteiger partial charge on any atom is -0.257 e. The van der Waals surface area contributed by atoms with Crippen LogP contribution in [0.5, 0.6) is 0 Å². The minimum absolute atomic E-state index is 0.175. The number of hydrogen-bond acceptors (Lipinski definition) is 2. The van der Waals surface area contributed by atoms with Gasteiger partial charge in [0, 0.05) is 16.0 Å². The SMILES string of the molecule is Clc1ccc(/C=C2/CCC[C@H]3C2=NN(c2ccccc2)[C@@H]3c2ccc(Cl)cc2)cc1. The van der Waals surface area contributed by atoms with Crippen molar-refractivity contribution in [2.45, 2.75) is 25.3 Å². The van der Waals surface area contributed by atoms with Crippen molar-refractivity contribution in [1.82, 2.24) is 0 Å². The third-order valence-corrected chi connectivity index (χ3v) is 6.45. The van der Waals surface area contributed by atoms with E-state index in [0.29, 0.717) is 5.92 Å². The van der Waals surface area contributed by atoms with Crippen molar-refractivity contribution in [2.75, 3.05) is 5.01 Å². The summed E-state index contributed by atoms with van der Waals surface area (Å²) < 4.78 is 0. The summed E-state index contributed by atoms with van der Waals surface area (Å²) in [5.41, 5.74) is 6.06. The Labute approximate surface area is 187 Å². The summed E-state index contributed by atoms with van der Waals surface area (Å²) in [5.74, 6) is 0.360. The zero-order valence-electron chi connectivity index (χ0n) is 16.5. The van der Waals surface area contributed by atoms with E-state index in [-0.39, 0.29) is 6.04 Å². The number of fused-ring (bicyclic) bond motifs is 1. The molecule has 1 saturated carbocycles. The van der Waals surface area contributed by atoms with E-state index in [1.54, 1.807) is 0 Å². The third kappa shape index (κ3) is 3.78. The first-order chi connectivity index (χ1) is 14.7. The van der Waals surface area contributed by atoms with Gasteiger partial charge in [0.15, 0.2) is 0 Å². The molecule has 2 aliphatic rings. The lowest BCUT2D eigenvalue weighted by Gasteiger charge is -2.30. The molecule has 0 amide bonds. The molecule has 0 unspecified atom stereocenters. The summed E-state index contributed by atoms with van der Waals surface area (Å²) in [6, 6.07) is 26.9. The van der Waals surface area contributed by atoms with Gasteiger partial charge in [0.1, 0.15) is 0 Å². The molecule has 3 aromatic carbocycles. The lowest BCUT2D eigenvalue weighted by molar-refractivity contribution is 0.488. The van der Waals surface area contributed by atoms with Crippen molar-refractivity contribution < 1.29 is 0 Å². The summed E-state index contributed by atoms with van der Waals surface area (Å²) in [4.78, 5) is 0. The fourth-order valence-corrected chi connectivity index (χ4v) is 4.80. The number of hydrazone groups is 1. The largest absolute Gasteiger partial charge is 0.257 e. The number of rotatable bonds is 3. The zero-order valence-corrected chi connectivity index (χ0v) is 18.0. The predicted octanol–water partition coefficient (Wildman–Crippen LogP) is 7.79. The number of benzene rings is 3. The molecule has 0 N–H and O–H groups in total. The highest BCUT2D eigenvalue weighted by molar-refractivity contribution is 6.30. The molecule has 4 heteroatoms. The van der Waals surface area contributed by atoms with Gasteiger partial charge >= 0.3 is 0 Å². The molecular formula is C26H22Cl2N2. The standard InChI is InChI=1S/C26H22Cl2N2/c27-21-13-9-18(10-14-21)17-20-5-4-8-24-25(20)29-30(23-6-2-1-3-7-23)26(24)19-11-15-22(28)16-12-19/h1-3,6-7,9-17,24,26H,4-5,8H2/b20-17-/t24-,26+/m0/s1. The zero-order chi connectivity index (χ0) is 20.5. The molecule has 1 aliphatic heterocycles. The van der Waals surface area contributed by atoms with Gasteiger partial charge in [-0.25, -0.2) is 0 Å². The second kappa shape index (κ2) is 8.29. The van der Waals surface area contributed by atoms with Crippen LogP contribution in [0.4, 0.5) is 5.69 Å². The van der Waals surface area contributed by atoms with Crippen molar-refractivity contribution in [1.29, 1.82) is 0 Å². The summed E-state index contributed by atoms with van der Waals surface area (Å²) in [5, 5.41) is 8.90. The molecule has 0 bridgehead atoms. The molecule has 0 spiro atoms. The topological polar surface area (TPSA) is 15.6 Å². The van der Waals surface area contributed by atoms with E-state index in [0.717, 1.165) is 35.0 Å². The van der Waals surface area contributed by atoms with Crippen LogP contribution in [-0.4, -0.2) is 5.71 Å². The number of nitrogens with zero attached hydrogens (tertiary/aromatic N) is 2. The van der Waals surface area contributed by atoms with E-state index in [1.165, 1.54) is 22.4 Å². The predicted molar refractivity (Wildman–Crippen MR) is 127 cm³/mol. The molecule has 2 nitrogen and oxygen atoms in total. The van der Waals surface area contributed by atoms with Crippen LogP contribution >= 0.6 is 23.2 Å². The van der Waals surface area contributed by atoms with Crippen LogP contribution in [0.2, 0.25) is 10.0 Å². The van der Waals surface area contributed by atoms with Crippen molar-refractivity contribution in [3.8, 4) is 0 Å². The Kier molecular flexibility index (Phi) is 5.37. The maximum Gasteiger partial charge on any atom is 0.0859 e. The minimum atomic E-state index is 0.175. The van der Waals surface area contributed by atoms with Crippen LogP contribution in [0.1, 0.15) is 36.4 Å². The Morgan fingerprint density at radius 2 is 1.50 bits per heavy atom. The second-order valence-electron chi connectivity index (χ2n) is 7.88. The smallest absolute Gasteiger partial charge is 0.0859 e. The molecule has 0 aromatic heterocycles. The van der Waals surface area contributed by atoms with Crippen molar-refractivity contribution >= 4 is 40.7 Å². The molecule has 1 heterocycles. The van der Waals surface area contributed by atoms with Crippen LogP contribution in [0, 0.1) is 5.92 Å². The summed E-state index contributed by atoms with van der Waals surface area (Å²) in [7, 11) is 0. The fourth-order valence-electron chi connectivity index (χ4n) is 4.55. The van der Waals surface area contributed by atoms with Crippen molar-refractivity contribution in [3.05, 3.63) is 106 Å². The number of anilines is 1.